The van der Waals surface area contributed by atoms with E-state index in [1.54, 1.807) is 0 Å². The quantitative estimate of drug-likeness (QED) is 0.891. The van der Waals surface area contributed by atoms with Crippen LogP contribution in [0.4, 0.5) is 5.82 Å². The molecule has 1 aliphatic rings. The lowest BCUT2D eigenvalue weighted by molar-refractivity contribution is 0.272. The summed E-state index contributed by atoms with van der Waals surface area (Å²) < 4.78 is 0. The zero-order valence-electron chi connectivity index (χ0n) is 10.0. The molecule has 0 bridgehead atoms. The minimum Gasteiger partial charge on any atom is -0.388 e. The van der Waals surface area contributed by atoms with Gasteiger partial charge in [-0.1, -0.05) is 12.1 Å². The summed E-state index contributed by atoms with van der Waals surface area (Å²) in [5.41, 5.74) is 0.907. The van der Waals surface area contributed by atoms with Crippen LogP contribution in [0.1, 0.15) is 5.82 Å². The van der Waals surface area contributed by atoms with Crippen molar-refractivity contribution in [1.82, 2.24) is 9.97 Å². The average Bonchev–Trinajstić information content (AvgIpc) is 2.47. The molecule has 1 aromatic heterocycles. The maximum Gasteiger partial charge on any atom is 0.156 e. The molecule has 2 heterocycles. The highest BCUT2D eigenvalue weighted by Gasteiger charge is 2.16. The molecule has 5 heteroatoms. The Hall–Kier alpha value is -1.33. The summed E-state index contributed by atoms with van der Waals surface area (Å²) in [4.78, 5) is 11.1. The molecule has 1 fully saturated rings. The summed E-state index contributed by atoms with van der Waals surface area (Å²) in [6.07, 6.45) is 0. The van der Waals surface area contributed by atoms with Crippen LogP contribution in [-0.4, -0.2) is 39.7 Å². The number of benzene rings is 1. The molecule has 94 valence electrons. The normalized spacial score (nSPS) is 16.2. The molecule has 0 spiro atoms. The number of rotatable bonds is 2. The Morgan fingerprint density at radius 3 is 2.72 bits per heavy atom. The van der Waals surface area contributed by atoms with Crippen molar-refractivity contribution in [3.63, 3.8) is 0 Å². The first kappa shape index (κ1) is 11.7. The molecule has 1 saturated heterocycles. The second-order valence-electron chi connectivity index (χ2n) is 4.24. The fourth-order valence-corrected chi connectivity index (χ4v) is 3.10. The van der Waals surface area contributed by atoms with E-state index in [1.807, 2.05) is 36.0 Å². The molecular formula is C13H15N3OS. The lowest BCUT2D eigenvalue weighted by atomic mass is 10.2. The van der Waals surface area contributed by atoms with Crippen molar-refractivity contribution in [2.45, 2.75) is 6.61 Å². The third-order valence-electron chi connectivity index (χ3n) is 3.08. The van der Waals surface area contributed by atoms with Crippen LogP contribution in [0.3, 0.4) is 0 Å². The Morgan fingerprint density at radius 1 is 1.17 bits per heavy atom. The van der Waals surface area contributed by atoms with Crippen LogP contribution in [-0.2, 0) is 6.61 Å². The van der Waals surface area contributed by atoms with Crippen LogP contribution in [0.15, 0.2) is 24.3 Å². The smallest absolute Gasteiger partial charge is 0.156 e. The minimum atomic E-state index is -0.111. The first-order chi connectivity index (χ1) is 8.88. The maximum atomic E-state index is 9.27. The van der Waals surface area contributed by atoms with Crippen molar-refractivity contribution in [2.24, 2.45) is 0 Å². The topological polar surface area (TPSA) is 49.3 Å². The molecule has 18 heavy (non-hydrogen) atoms. The second kappa shape index (κ2) is 5.12. The van der Waals surface area contributed by atoms with Gasteiger partial charge in [-0.2, -0.15) is 11.8 Å². The van der Waals surface area contributed by atoms with Crippen LogP contribution in [0, 0.1) is 0 Å². The van der Waals surface area contributed by atoms with Gasteiger partial charge >= 0.3 is 0 Å². The van der Waals surface area contributed by atoms with Crippen molar-refractivity contribution in [2.75, 3.05) is 29.5 Å². The van der Waals surface area contributed by atoms with E-state index >= 15 is 0 Å². The molecule has 0 unspecified atom stereocenters. The van der Waals surface area contributed by atoms with Gasteiger partial charge in [0.25, 0.3) is 0 Å². The standard InChI is InChI=1S/C13H15N3OS/c17-9-12-14-11-4-2-1-3-10(11)13(15-12)16-5-7-18-8-6-16/h1-4,17H,5-9H2. The monoisotopic (exact) mass is 261 g/mol. The Bertz CT molecular complexity index is 555. The Kier molecular flexibility index (Phi) is 3.34. The van der Waals surface area contributed by atoms with Crippen LogP contribution in [0.25, 0.3) is 10.9 Å². The molecule has 3 rings (SSSR count). The van der Waals surface area contributed by atoms with Gasteiger partial charge < -0.3 is 10.0 Å². The van der Waals surface area contributed by atoms with Gasteiger partial charge in [-0.25, -0.2) is 9.97 Å². The van der Waals surface area contributed by atoms with E-state index in [2.05, 4.69) is 14.9 Å². The first-order valence-corrected chi connectivity index (χ1v) is 7.23. The van der Waals surface area contributed by atoms with Crippen LogP contribution >= 0.6 is 11.8 Å². The number of hydrogen-bond donors (Lipinski definition) is 1. The number of aliphatic hydroxyl groups is 1. The molecule has 0 radical (unpaired) electrons. The molecule has 0 amide bonds. The zero-order valence-corrected chi connectivity index (χ0v) is 10.9. The van der Waals surface area contributed by atoms with Gasteiger partial charge in [0.05, 0.1) is 5.52 Å². The molecule has 1 aliphatic heterocycles. The number of aliphatic hydroxyl groups excluding tert-OH is 1. The fraction of sp³-hybridized carbons (Fsp3) is 0.385. The van der Waals surface area contributed by atoms with Crippen molar-refractivity contribution < 1.29 is 5.11 Å². The third-order valence-corrected chi connectivity index (χ3v) is 4.02. The summed E-state index contributed by atoms with van der Waals surface area (Å²) in [6, 6.07) is 7.99. The summed E-state index contributed by atoms with van der Waals surface area (Å²) >= 11 is 1.97. The molecule has 0 saturated carbocycles. The van der Waals surface area contributed by atoms with Crippen LogP contribution < -0.4 is 4.90 Å². The van der Waals surface area contributed by atoms with E-state index in [1.165, 1.54) is 0 Å². The van der Waals surface area contributed by atoms with Gasteiger partial charge in [-0.3, -0.25) is 0 Å². The van der Waals surface area contributed by atoms with Crippen molar-refractivity contribution in [1.29, 1.82) is 0 Å². The van der Waals surface area contributed by atoms with Crippen molar-refractivity contribution >= 4 is 28.5 Å². The third kappa shape index (κ3) is 2.15. The molecule has 1 aromatic carbocycles. The fourth-order valence-electron chi connectivity index (χ4n) is 2.19. The van der Waals surface area contributed by atoms with E-state index in [0.717, 1.165) is 41.3 Å². The lowest BCUT2D eigenvalue weighted by Crippen LogP contribution is -2.33. The number of nitrogens with zero attached hydrogens (tertiary/aromatic N) is 3. The lowest BCUT2D eigenvalue weighted by Gasteiger charge is -2.28. The van der Waals surface area contributed by atoms with E-state index in [-0.39, 0.29) is 6.61 Å². The van der Waals surface area contributed by atoms with Gasteiger partial charge in [0, 0.05) is 30.0 Å². The SMILES string of the molecule is OCc1nc(N2CCSCC2)c2ccccc2n1. The van der Waals surface area contributed by atoms with Gasteiger partial charge in [0.1, 0.15) is 12.4 Å². The predicted molar refractivity (Wildman–Crippen MR) is 75.0 cm³/mol. The van der Waals surface area contributed by atoms with Gasteiger partial charge in [0.2, 0.25) is 0 Å². The van der Waals surface area contributed by atoms with E-state index < -0.39 is 0 Å². The Morgan fingerprint density at radius 2 is 1.94 bits per heavy atom. The predicted octanol–water partition coefficient (Wildman–Crippen LogP) is 1.68. The van der Waals surface area contributed by atoms with E-state index in [4.69, 9.17) is 0 Å². The highest BCUT2D eigenvalue weighted by atomic mass is 32.2. The number of hydrogen-bond acceptors (Lipinski definition) is 5. The number of fused-ring (bicyclic) bond motifs is 1. The average molecular weight is 261 g/mol. The zero-order chi connectivity index (χ0) is 12.4. The van der Waals surface area contributed by atoms with Gasteiger partial charge in [0.15, 0.2) is 5.82 Å². The van der Waals surface area contributed by atoms with Gasteiger partial charge in [-0.15, -0.1) is 0 Å². The highest BCUT2D eigenvalue weighted by Crippen LogP contribution is 2.25. The molecule has 4 nitrogen and oxygen atoms in total. The molecule has 0 aliphatic carbocycles. The van der Waals surface area contributed by atoms with Crippen LogP contribution in [0.2, 0.25) is 0 Å². The van der Waals surface area contributed by atoms with E-state index in [9.17, 15) is 5.11 Å². The summed E-state index contributed by atoms with van der Waals surface area (Å²) in [6.45, 7) is 1.91. The largest absolute Gasteiger partial charge is 0.388 e. The van der Waals surface area contributed by atoms with Gasteiger partial charge in [-0.05, 0) is 12.1 Å². The summed E-state index contributed by atoms with van der Waals surface area (Å²) in [5.74, 6) is 3.73. The Labute approximate surface area is 110 Å². The summed E-state index contributed by atoms with van der Waals surface area (Å²) in [5, 5.41) is 10.3. The summed E-state index contributed by atoms with van der Waals surface area (Å²) in [7, 11) is 0. The number of para-hydroxylation sites is 1. The van der Waals surface area contributed by atoms with E-state index in [0.29, 0.717) is 5.82 Å². The molecule has 1 N–H and O–H groups in total. The van der Waals surface area contributed by atoms with Crippen molar-refractivity contribution in [3.8, 4) is 0 Å². The Balaban J connectivity index is 2.12. The number of thioether (sulfide) groups is 1. The van der Waals surface area contributed by atoms with Crippen molar-refractivity contribution in [3.05, 3.63) is 30.1 Å². The highest BCUT2D eigenvalue weighted by molar-refractivity contribution is 7.99. The number of anilines is 1. The molecule has 0 atom stereocenters. The van der Waals surface area contributed by atoms with Crippen LogP contribution in [0.5, 0.6) is 0 Å². The second-order valence-corrected chi connectivity index (χ2v) is 5.46. The minimum absolute atomic E-state index is 0.111. The first-order valence-electron chi connectivity index (χ1n) is 6.07. The number of aromatic nitrogens is 2. The maximum absolute atomic E-state index is 9.27. The molecular weight excluding hydrogens is 246 g/mol. The molecule has 2 aromatic rings.